The Bertz CT molecular complexity index is 1150. The minimum absolute atomic E-state index is 0.191. The topological polar surface area (TPSA) is 82.5 Å². The van der Waals surface area contributed by atoms with Gasteiger partial charge in [-0.2, -0.15) is 0 Å². The van der Waals surface area contributed by atoms with E-state index in [1.807, 2.05) is 23.1 Å². The first-order chi connectivity index (χ1) is 21.1. The smallest absolute Gasteiger partial charge is 0.409 e. The molecular formula is C37H58N2O5. The largest absolute Gasteiger partial charge is 0.495 e. The molecule has 5 aliphatic rings. The summed E-state index contributed by atoms with van der Waals surface area (Å²) < 4.78 is 11.4. The molecule has 1 heterocycles. The third-order valence-electron chi connectivity index (χ3n) is 13.9. The molecule has 4 aliphatic carbocycles. The number of benzene rings is 1. The van der Waals surface area contributed by atoms with Crippen LogP contribution in [0.15, 0.2) is 24.3 Å². The Hall–Kier alpha value is -1.99. The highest BCUT2D eigenvalue weighted by atomic mass is 16.6. The molecule has 2 N–H and O–H groups in total. The molecule has 0 bridgehead atoms. The molecule has 1 amide bonds. The molecule has 1 aromatic carbocycles. The summed E-state index contributed by atoms with van der Waals surface area (Å²) in [4.78, 5) is 17.1. The fourth-order valence-electron chi connectivity index (χ4n) is 11.6. The Morgan fingerprint density at radius 2 is 1.68 bits per heavy atom. The van der Waals surface area contributed by atoms with Crippen molar-refractivity contribution in [2.45, 2.75) is 97.7 Å². The summed E-state index contributed by atoms with van der Waals surface area (Å²) in [6.07, 6.45) is 9.00. The molecule has 1 aliphatic heterocycles. The Balaban J connectivity index is 1.03. The fraction of sp³-hybridized carbons (Fsp3) is 0.811. The number of piperazine rings is 1. The number of anilines is 1. The molecule has 5 fully saturated rings. The number of carbonyl (C=O) groups excluding carboxylic acids is 1. The van der Waals surface area contributed by atoms with Crippen molar-refractivity contribution in [3.8, 4) is 5.75 Å². The lowest BCUT2D eigenvalue weighted by atomic mass is 9.41. The van der Waals surface area contributed by atoms with Crippen LogP contribution in [0.1, 0.15) is 85.5 Å². The first-order valence-corrected chi connectivity index (χ1v) is 17.8. The van der Waals surface area contributed by atoms with Crippen molar-refractivity contribution in [2.75, 3.05) is 44.8 Å². The van der Waals surface area contributed by atoms with E-state index in [9.17, 15) is 15.0 Å². The average molecular weight is 611 g/mol. The van der Waals surface area contributed by atoms with E-state index < -0.39 is 0 Å². The molecule has 6 rings (SSSR count). The molecule has 7 heteroatoms. The Kier molecular flexibility index (Phi) is 9.20. The van der Waals surface area contributed by atoms with Gasteiger partial charge >= 0.3 is 6.09 Å². The van der Waals surface area contributed by atoms with Gasteiger partial charge < -0.3 is 29.5 Å². The van der Waals surface area contributed by atoms with Gasteiger partial charge in [0.05, 0.1) is 31.6 Å². The molecule has 11 atom stereocenters. The number of amides is 1. The highest BCUT2D eigenvalue weighted by Gasteiger charge is 2.64. The number of ether oxygens (including phenoxy) is 2. The van der Waals surface area contributed by atoms with Gasteiger partial charge in [0.1, 0.15) is 5.75 Å². The standard InChI is InChI=1S/C37H58N2O5/c1-6-26-30-23-25(40)13-16-37(30,4)29-14-17-36(3)27(11-12-28(36)33(29)34(26)41)24(2)15-22-44-35(42)39-20-18-38(19-21-39)31-9-7-8-10-32(31)43-5/h7-10,24-30,33-34,40-41H,6,11-23H2,1-5H3/t24-,25-,26-,27-,28+,29+,30+,33?,34-,36?,37+/m1/s1. The SMILES string of the molecule is CC[C@H]1[C@@H](O)C2[C@@H]3CC[C@H]([C@H](C)CCOC(=O)N4CCN(c5ccccc5OC)CC4)C3(C)CC[C@@H]2[C@]2(C)CC[C@@H](O)C[C@@H]12. The van der Waals surface area contributed by atoms with Crippen molar-refractivity contribution in [3.05, 3.63) is 24.3 Å². The monoisotopic (exact) mass is 610 g/mol. The van der Waals surface area contributed by atoms with E-state index in [1.54, 1.807) is 7.11 Å². The number of hydrogen-bond donors (Lipinski definition) is 2. The van der Waals surface area contributed by atoms with E-state index in [-0.39, 0.29) is 29.1 Å². The van der Waals surface area contributed by atoms with Crippen molar-refractivity contribution >= 4 is 11.8 Å². The van der Waals surface area contributed by atoms with Crippen LogP contribution in [0, 0.1) is 52.3 Å². The fourth-order valence-corrected chi connectivity index (χ4v) is 11.6. The van der Waals surface area contributed by atoms with Gasteiger partial charge in [0.15, 0.2) is 0 Å². The van der Waals surface area contributed by atoms with Crippen molar-refractivity contribution in [1.82, 2.24) is 4.90 Å². The molecular weight excluding hydrogens is 552 g/mol. The van der Waals surface area contributed by atoms with Crippen LogP contribution in [0.2, 0.25) is 0 Å². The molecule has 0 aromatic heterocycles. The normalized spacial score (nSPS) is 40.9. The van der Waals surface area contributed by atoms with Crippen LogP contribution in [0.4, 0.5) is 10.5 Å². The van der Waals surface area contributed by atoms with Crippen LogP contribution in [0.25, 0.3) is 0 Å². The molecule has 44 heavy (non-hydrogen) atoms. The molecule has 0 radical (unpaired) electrons. The minimum atomic E-state index is -0.253. The van der Waals surface area contributed by atoms with E-state index in [2.05, 4.69) is 38.7 Å². The molecule has 246 valence electrons. The second-order valence-corrected chi connectivity index (χ2v) is 15.6. The van der Waals surface area contributed by atoms with Gasteiger partial charge in [-0.15, -0.1) is 0 Å². The predicted octanol–water partition coefficient (Wildman–Crippen LogP) is 6.61. The average Bonchev–Trinajstić information content (AvgIpc) is 3.39. The number of methoxy groups -OCH3 is 1. The number of fused-ring (bicyclic) bond motifs is 5. The summed E-state index contributed by atoms with van der Waals surface area (Å²) in [5.74, 6) is 4.18. The highest BCUT2D eigenvalue weighted by Crippen LogP contribution is 2.69. The molecule has 0 spiro atoms. The maximum absolute atomic E-state index is 13.0. The van der Waals surface area contributed by atoms with Gasteiger partial charge in [-0.3, -0.25) is 0 Å². The van der Waals surface area contributed by atoms with E-state index >= 15 is 0 Å². The number of carbonyl (C=O) groups is 1. The molecule has 1 aromatic rings. The van der Waals surface area contributed by atoms with E-state index in [0.29, 0.717) is 61.1 Å². The third kappa shape index (κ3) is 5.42. The second-order valence-electron chi connectivity index (χ2n) is 15.6. The van der Waals surface area contributed by atoms with Crippen LogP contribution >= 0.6 is 0 Å². The number of nitrogens with zero attached hydrogens (tertiary/aromatic N) is 2. The van der Waals surface area contributed by atoms with Gasteiger partial charge in [-0.1, -0.05) is 46.2 Å². The minimum Gasteiger partial charge on any atom is -0.495 e. The van der Waals surface area contributed by atoms with Crippen molar-refractivity contribution < 1.29 is 24.5 Å². The molecule has 4 saturated carbocycles. The van der Waals surface area contributed by atoms with Crippen LogP contribution < -0.4 is 9.64 Å². The van der Waals surface area contributed by atoms with Crippen LogP contribution in [0.5, 0.6) is 5.75 Å². The first-order valence-electron chi connectivity index (χ1n) is 17.8. The number of aliphatic hydroxyl groups excluding tert-OH is 2. The highest BCUT2D eigenvalue weighted by molar-refractivity contribution is 5.68. The number of hydrogen-bond acceptors (Lipinski definition) is 6. The summed E-state index contributed by atoms with van der Waals surface area (Å²) in [5, 5.41) is 22.5. The molecule has 7 nitrogen and oxygen atoms in total. The van der Waals surface area contributed by atoms with Crippen molar-refractivity contribution in [2.24, 2.45) is 52.3 Å². The van der Waals surface area contributed by atoms with Gasteiger partial charge in [0, 0.05) is 26.2 Å². The summed E-state index contributed by atoms with van der Waals surface area (Å²) in [5.41, 5.74) is 1.55. The van der Waals surface area contributed by atoms with Gasteiger partial charge in [-0.05, 0) is 116 Å². The first kappa shape index (κ1) is 32.0. The Labute approximate surface area is 265 Å². The van der Waals surface area contributed by atoms with Gasteiger partial charge in [0.25, 0.3) is 0 Å². The van der Waals surface area contributed by atoms with Crippen LogP contribution in [-0.4, -0.2) is 73.3 Å². The van der Waals surface area contributed by atoms with Crippen LogP contribution in [0.3, 0.4) is 0 Å². The zero-order valence-corrected chi connectivity index (χ0v) is 27.9. The summed E-state index contributed by atoms with van der Waals surface area (Å²) >= 11 is 0. The van der Waals surface area contributed by atoms with Crippen molar-refractivity contribution in [3.63, 3.8) is 0 Å². The zero-order valence-electron chi connectivity index (χ0n) is 27.9. The lowest BCUT2D eigenvalue weighted by Gasteiger charge is -2.64. The third-order valence-corrected chi connectivity index (χ3v) is 13.9. The second kappa shape index (κ2) is 12.7. The Morgan fingerprint density at radius 1 is 0.977 bits per heavy atom. The lowest BCUT2D eigenvalue weighted by molar-refractivity contribution is -0.203. The van der Waals surface area contributed by atoms with Gasteiger partial charge in [0.2, 0.25) is 0 Å². The number of para-hydroxylation sites is 2. The number of rotatable bonds is 7. The lowest BCUT2D eigenvalue weighted by Crippen LogP contribution is -2.62. The van der Waals surface area contributed by atoms with Crippen LogP contribution in [-0.2, 0) is 4.74 Å². The maximum Gasteiger partial charge on any atom is 0.409 e. The zero-order chi connectivity index (χ0) is 31.2. The quantitative estimate of drug-likeness (QED) is 0.362. The maximum atomic E-state index is 13.0. The van der Waals surface area contributed by atoms with E-state index in [0.717, 1.165) is 56.6 Å². The molecule has 1 saturated heterocycles. The summed E-state index contributed by atoms with van der Waals surface area (Å²) in [6, 6.07) is 8.06. The Morgan fingerprint density at radius 3 is 2.41 bits per heavy atom. The molecule has 2 unspecified atom stereocenters. The van der Waals surface area contributed by atoms with Gasteiger partial charge in [-0.25, -0.2) is 4.79 Å². The summed E-state index contributed by atoms with van der Waals surface area (Å²) in [6.45, 7) is 13.0. The van der Waals surface area contributed by atoms with E-state index in [1.165, 1.54) is 25.7 Å². The summed E-state index contributed by atoms with van der Waals surface area (Å²) in [7, 11) is 1.70. The van der Waals surface area contributed by atoms with Crippen molar-refractivity contribution in [1.29, 1.82) is 0 Å². The van der Waals surface area contributed by atoms with E-state index in [4.69, 9.17) is 9.47 Å². The number of aliphatic hydroxyl groups is 2. The predicted molar refractivity (Wildman–Crippen MR) is 174 cm³/mol.